The van der Waals surface area contributed by atoms with Gasteiger partial charge in [-0.25, -0.2) is 0 Å². The first-order chi connectivity index (χ1) is 8.78. The van der Waals surface area contributed by atoms with Crippen molar-refractivity contribution in [1.29, 1.82) is 0 Å². The summed E-state index contributed by atoms with van der Waals surface area (Å²) in [6, 6.07) is 3.94. The van der Waals surface area contributed by atoms with E-state index in [1.807, 2.05) is 13.0 Å². The maximum atomic E-state index is 12.1. The number of rotatable bonds is 3. The van der Waals surface area contributed by atoms with Crippen LogP contribution in [0.25, 0.3) is 0 Å². The Balaban J connectivity index is 1.64. The molecule has 2 heterocycles. The highest BCUT2D eigenvalue weighted by molar-refractivity contribution is 5.94. The molecule has 1 amide bonds. The van der Waals surface area contributed by atoms with E-state index >= 15 is 0 Å². The molecule has 3 atom stereocenters. The Morgan fingerprint density at radius 2 is 2.50 bits per heavy atom. The average molecular weight is 246 g/mol. The van der Waals surface area contributed by atoms with Crippen LogP contribution in [0.4, 0.5) is 0 Å². The molecule has 1 N–H and O–H groups in total. The van der Waals surface area contributed by atoms with Gasteiger partial charge in [0.15, 0.2) is 0 Å². The van der Waals surface area contributed by atoms with Gasteiger partial charge >= 0.3 is 0 Å². The summed E-state index contributed by atoms with van der Waals surface area (Å²) in [5, 5.41) is 3.11. The van der Waals surface area contributed by atoms with Crippen molar-refractivity contribution in [3.8, 4) is 0 Å². The summed E-state index contributed by atoms with van der Waals surface area (Å²) >= 11 is 0. The number of carbonyl (C=O) groups excluding carboxylic acids is 1. The van der Waals surface area contributed by atoms with Crippen molar-refractivity contribution in [3.63, 3.8) is 0 Å². The number of nitrogens with zero attached hydrogens (tertiary/aromatic N) is 1. The molecule has 1 aromatic heterocycles. The Hall–Kier alpha value is -1.42. The van der Waals surface area contributed by atoms with Gasteiger partial charge in [0.25, 0.3) is 5.91 Å². The summed E-state index contributed by atoms with van der Waals surface area (Å²) in [4.78, 5) is 16.3. The Kier molecular flexibility index (Phi) is 3.04. The van der Waals surface area contributed by atoms with Crippen LogP contribution in [0, 0.1) is 5.92 Å². The molecule has 18 heavy (non-hydrogen) atoms. The zero-order valence-electron chi connectivity index (χ0n) is 10.6. The Morgan fingerprint density at radius 1 is 1.61 bits per heavy atom. The number of carbonyl (C=O) groups is 1. The fraction of sp³-hybridized carbons (Fsp3) is 0.571. The number of hydrogen-bond donors (Lipinski definition) is 1. The molecule has 1 saturated heterocycles. The van der Waals surface area contributed by atoms with Crippen LogP contribution in [0.3, 0.4) is 0 Å². The third-order valence-corrected chi connectivity index (χ3v) is 4.02. The number of aromatic nitrogens is 1. The lowest BCUT2D eigenvalue weighted by Crippen LogP contribution is -2.53. The van der Waals surface area contributed by atoms with E-state index < -0.39 is 0 Å². The van der Waals surface area contributed by atoms with Crippen LogP contribution in [-0.4, -0.2) is 29.6 Å². The SMILES string of the molecule is CCc1cc(C(=O)N[C@@H]2C[C@@H]3OCC[C@@H]32)ccn1. The van der Waals surface area contributed by atoms with E-state index in [2.05, 4.69) is 10.3 Å². The Labute approximate surface area is 107 Å². The molecule has 3 rings (SSSR count). The Bertz CT molecular complexity index is 461. The molecular formula is C14H18N2O2. The third kappa shape index (κ3) is 2.01. The van der Waals surface area contributed by atoms with Gasteiger partial charge in [0.2, 0.25) is 0 Å². The first-order valence-electron chi connectivity index (χ1n) is 6.65. The number of nitrogens with one attached hydrogen (secondary N) is 1. The number of ether oxygens (including phenoxy) is 1. The largest absolute Gasteiger partial charge is 0.378 e. The number of pyridine rings is 1. The van der Waals surface area contributed by atoms with Gasteiger partial charge < -0.3 is 10.1 Å². The van der Waals surface area contributed by atoms with E-state index in [4.69, 9.17) is 4.74 Å². The highest BCUT2D eigenvalue weighted by Gasteiger charge is 2.45. The molecule has 1 saturated carbocycles. The summed E-state index contributed by atoms with van der Waals surface area (Å²) in [6.45, 7) is 2.88. The summed E-state index contributed by atoms with van der Waals surface area (Å²) in [7, 11) is 0. The van der Waals surface area contributed by atoms with Gasteiger partial charge in [0.1, 0.15) is 0 Å². The molecule has 0 aromatic carbocycles. The molecule has 0 radical (unpaired) electrons. The molecule has 4 nitrogen and oxygen atoms in total. The van der Waals surface area contributed by atoms with E-state index in [0.717, 1.165) is 31.6 Å². The van der Waals surface area contributed by atoms with Crippen LogP contribution >= 0.6 is 0 Å². The number of hydrogen-bond acceptors (Lipinski definition) is 3. The van der Waals surface area contributed by atoms with Crippen LogP contribution in [0.2, 0.25) is 0 Å². The molecule has 4 heteroatoms. The smallest absolute Gasteiger partial charge is 0.251 e. The topological polar surface area (TPSA) is 51.2 Å². The van der Waals surface area contributed by atoms with Crippen LogP contribution in [-0.2, 0) is 11.2 Å². The molecule has 0 spiro atoms. The monoisotopic (exact) mass is 246 g/mol. The van der Waals surface area contributed by atoms with E-state index in [0.29, 0.717) is 23.6 Å². The minimum atomic E-state index is 0.0162. The second-order valence-corrected chi connectivity index (χ2v) is 5.07. The fourth-order valence-corrected chi connectivity index (χ4v) is 2.83. The predicted octanol–water partition coefficient (Wildman–Crippen LogP) is 1.55. The van der Waals surface area contributed by atoms with E-state index in [1.54, 1.807) is 12.3 Å². The number of amides is 1. The van der Waals surface area contributed by atoms with Gasteiger partial charge in [-0.3, -0.25) is 9.78 Å². The number of fused-ring (bicyclic) bond motifs is 1. The van der Waals surface area contributed by atoms with E-state index in [-0.39, 0.29) is 5.91 Å². The molecule has 0 unspecified atom stereocenters. The highest BCUT2D eigenvalue weighted by atomic mass is 16.5. The molecule has 2 fully saturated rings. The van der Waals surface area contributed by atoms with Crippen molar-refractivity contribution in [2.45, 2.75) is 38.3 Å². The molecular weight excluding hydrogens is 228 g/mol. The third-order valence-electron chi connectivity index (χ3n) is 4.02. The maximum absolute atomic E-state index is 12.1. The van der Waals surface area contributed by atoms with Crippen molar-refractivity contribution in [3.05, 3.63) is 29.6 Å². The zero-order chi connectivity index (χ0) is 12.5. The predicted molar refractivity (Wildman–Crippen MR) is 67.3 cm³/mol. The lowest BCUT2D eigenvalue weighted by atomic mass is 9.76. The van der Waals surface area contributed by atoms with Crippen molar-refractivity contribution in [1.82, 2.24) is 10.3 Å². The van der Waals surface area contributed by atoms with Crippen LogP contribution in [0.5, 0.6) is 0 Å². The second kappa shape index (κ2) is 4.69. The van der Waals surface area contributed by atoms with Crippen molar-refractivity contribution < 1.29 is 9.53 Å². The summed E-state index contributed by atoms with van der Waals surface area (Å²) in [6.07, 6.45) is 4.98. The van der Waals surface area contributed by atoms with E-state index in [9.17, 15) is 4.79 Å². The summed E-state index contributed by atoms with van der Waals surface area (Å²) < 4.78 is 5.54. The summed E-state index contributed by atoms with van der Waals surface area (Å²) in [5.41, 5.74) is 1.67. The van der Waals surface area contributed by atoms with Crippen LogP contribution < -0.4 is 5.32 Å². The first kappa shape index (κ1) is 11.7. The molecule has 1 aliphatic carbocycles. The van der Waals surface area contributed by atoms with Gasteiger partial charge in [-0.15, -0.1) is 0 Å². The minimum absolute atomic E-state index is 0.0162. The van der Waals surface area contributed by atoms with Crippen LogP contribution in [0.15, 0.2) is 18.3 Å². The standard InChI is InChI=1S/C14H18N2O2/c1-2-10-7-9(3-5-15-10)14(17)16-12-8-13-11(12)4-6-18-13/h3,5,7,11-13H,2,4,6,8H2,1H3,(H,16,17)/t11-,12-,13+/m1/s1. The maximum Gasteiger partial charge on any atom is 0.251 e. The fourth-order valence-electron chi connectivity index (χ4n) is 2.83. The lowest BCUT2D eigenvalue weighted by Gasteiger charge is -2.39. The highest BCUT2D eigenvalue weighted by Crippen LogP contribution is 2.38. The molecule has 1 aromatic rings. The second-order valence-electron chi connectivity index (χ2n) is 5.07. The average Bonchev–Trinajstić information content (AvgIpc) is 2.77. The molecule has 96 valence electrons. The number of aryl methyl sites for hydroxylation is 1. The molecule has 2 aliphatic rings. The van der Waals surface area contributed by atoms with Gasteiger partial charge in [-0.05, 0) is 31.4 Å². The van der Waals surface area contributed by atoms with E-state index in [1.165, 1.54) is 0 Å². The van der Waals surface area contributed by atoms with Gasteiger partial charge in [-0.2, -0.15) is 0 Å². The van der Waals surface area contributed by atoms with Gasteiger partial charge in [0.05, 0.1) is 6.10 Å². The minimum Gasteiger partial charge on any atom is -0.378 e. The van der Waals surface area contributed by atoms with Crippen molar-refractivity contribution in [2.24, 2.45) is 5.92 Å². The quantitative estimate of drug-likeness (QED) is 0.880. The zero-order valence-corrected chi connectivity index (χ0v) is 10.6. The first-order valence-corrected chi connectivity index (χ1v) is 6.65. The normalized spacial score (nSPS) is 29.5. The summed E-state index contributed by atoms with van der Waals surface area (Å²) in [5.74, 6) is 0.545. The van der Waals surface area contributed by atoms with Crippen molar-refractivity contribution in [2.75, 3.05) is 6.61 Å². The molecule has 0 bridgehead atoms. The Morgan fingerprint density at radius 3 is 3.28 bits per heavy atom. The van der Waals surface area contributed by atoms with Crippen LogP contribution in [0.1, 0.15) is 35.8 Å². The lowest BCUT2D eigenvalue weighted by molar-refractivity contribution is 0.00809. The van der Waals surface area contributed by atoms with Gasteiger partial charge in [0, 0.05) is 36.0 Å². The van der Waals surface area contributed by atoms with Crippen molar-refractivity contribution >= 4 is 5.91 Å². The molecule has 1 aliphatic heterocycles. The van der Waals surface area contributed by atoms with Gasteiger partial charge in [-0.1, -0.05) is 6.92 Å².